The van der Waals surface area contributed by atoms with E-state index in [4.69, 9.17) is 9.47 Å². The number of methoxy groups -OCH3 is 2. The first-order chi connectivity index (χ1) is 13.5. The Morgan fingerprint density at radius 1 is 1.00 bits per heavy atom. The number of benzene rings is 2. The largest absolute Gasteiger partial charge is 0.497 e. The molecule has 2 aromatic carbocycles. The molecule has 6 nitrogen and oxygen atoms in total. The molecule has 3 rings (SSSR count). The number of carbonyl (C=O) groups is 1. The predicted octanol–water partition coefficient (Wildman–Crippen LogP) is 3.88. The molecule has 0 aliphatic rings. The van der Waals surface area contributed by atoms with Crippen LogP contribution in [0.4, 0.5) is 0 Å². The number of ether oxygens (including phenoxy) is 2. The smallest absolute Gasteiger partial charge is 0.273 e. The standard InChI is InChI=1S/C22H23N3O3/c1-15-10-21(16(2)25(15)18-8-6-5-7-9-18)22(26)24-23-14-17-11-19(27-3)13-20(12-17)28-4/h5-14H,1-4H3,(H,24,26)/b23-14+. The average molecular weight is 377 g/mol. The summed E-state index contributed by atoms with van der Waals surface area (Å²) in [6.07, 6.45) is 1.55. The molecule has 0 radical (unpaired) electrons. The van der Waals surface area contributed by atoms with Crippen LogP contribution >= 0.6 is 0 Å². The number of para-hydroxylation sites is 1. The summed E-state index contributed by atoms with van der Waals surface area (Å²) in [5.74, 6) is 1.04. The summed E-state index contributed by atoms with van der Waals surface area (Å²) >= 11 is 0. The van der Waals surface area contributed by atoms with E-state index in [0.29, 0.717) is 17.1 Å². The van der Waals surface area contributed by atoms with Crippen molar-refractivity contribution in [3.8, 4) is 17.2 Å². The highest BCUT2D eigenvalue weighted by Gasteiger charge is 2.16. The van der Waals surface area contributed by atoms with Gasteiger partial charge in [0, 0.05) is 28.7 Å². The molecule has 6 heteroatoms. The lowest BCUT2D eigenvalue weighted by atomic mass is 10.2. The maximum Gasteiger partial charge on any atom is 0.273 e. The van der Waals surface area contributed by atoms with Crippen molar-refractivity contribution in [1.29, 1.82) is 0 Å². The fraction of sp³-hybridized carbons (Fsp3) is 0.182. The first-order valence-corrected chi connectivity index (χ1v) is 8.84. The second-order valence-corrected chi connectivity index (χ2v) is 6.30. The van der Waals surface area contributed by atoms with Crippen molar-refractivity contribution in [1.82, 2.24) is 9.99 Å². The molecule has 1 aromatic heterocycles. The lowest BCUT2D eigenvalue weighted by Crippen LogP contribution is -2.18. The van der Waals surface area contributed by atoms with Crippen molar-refractivity contribution in [2.45, 2.75) is 13.8 Å². The van der Waals surface area contributed by atoms with Gasteiger partial charge in [-0.15, -0.1) is 0 Å². The van der Waals surface area contributed by atoms with Crippen molar-refractivity contribution in [3.63, 3.8) is 0 Å². The first kappa shape index (κ1) is 19.2. The van der Waals surface area contributed by atoms with Gasteiger partial charge in [-0.2, -0.15) is 5.10 Å². The molecule has 0 saturated carbocycles. The fourth-order valence-corrected chi connectivity index (χ4v) is 3.10. The SMILES string of the molecule is COc1cc(/C=N/NC(=O)c2cc(C)n(-c3ccccc3)c2C)cc(OC)c1. The van der Waals surface area contributed by atoms with Gasteiger partial charge in [0.1, 0.15) is 11.5 Å². The summed E-state index contributed by atoms with van der Waals surface area (Å²) in [5, 5.41) is 4.08. The number of aryl methyl sites for hydroxylation is 1. The van der Waals surface area contributed by atoms with E-state index in [9.17, 15) is 4.79 Å². The molecule has 0 saturated heterocycles. The third kappa shape index (κ3) is 4.06. The lowest BCUT2D eigenvalue weighted by molar-refractivity contribution is 0.0954. The molecule has 0 aliphatic carbocycles. The van der Waals surface area contributed by atoms with Gasteiger partial charge < -0.3 is 14.0 Å². The zero-order chi connectivity index (χ0) is 20.1. The van der Waals surface area contributed by atoms with Gasteiger partial charge in [0.15, 0.2) is 0 Å². The molecule has 3 aromatic rings. The summed E-state index contributed by atoms with van der Waals surface area (Å²) in [7, 11) is 3.17. The number of nitrogens with zero attached hydrogens (tertiary/aromatic N) is 2. The number of hydrogen-bond acceptors (Lipinski definition) is 4. The highest BCUT2D eigenvalue weighted by atomic mass is 16.5. The van der Waals surface area contributed by atoms with E-state index in [1.54, 1.807) is 38.6 Å². The summed E-state index contributed by atoms with van der Waals surface area (Å²) in [6.45, 7) is 3.90. The van der Waals surface area contributed by atoms with E-state index >= 15 is 0 Å². The Bertz CT molecular complexity index is 985. The van der Waals surface area contributed by atoms with Crippen molar-refractivity contribution in [2.24, 2.45) is 5.10 Å². The Kier molecular flexibility index (Phi) is 5.79. The highest BCUT2D eigenvalue weighted by molar-refractivity contribution is 5.96. The minimum atomic E-state index is -0.263. The van der Waals surface area contributed by atoms with Crippen LogP contribution in [0.3, 0.4) is 0 Å². The maximum atomic E-state index is 12.6. The number of carbonyl (C=O) groups excluding carboxylic acids is 1. The molecular formula is C22H23N3O3. The molecule has 0 spiro atoms. The molecule has 0 fully saturated rings. The normalized spacial score (nSPS) is 10.9. The van der Waals surface area contributed by atoms with Gasteiger partial charge in [-0.25, -0.2) is 5.43 Å². The average Bonchev–Trinajstić information content (AvgIpc) is 3.02. The Morgan fingerprint density at radius 2 is 1.64 bits per heavy atom. The molecule has 1 amide bonds. The fourth-order valence-electron chi connectivity index (χ4n) is 3.10. The minimum Gasteiger partial charge on any atom is -0.497 e. The maximum absolute atomic E-state index is 12.6. The number of nitrogens with one attached hydrogen (secondary N) is 1. The van der Waals surface area contributed by atoms with Crippen LogP contribution in [0, 0.1) is 13.8 Å². The molecule has 0 bridgehead atoms. The molecule has 28 heavy (non-hydrogen) atoms. The Labute approximate surface area is 164 Å². The van der Waals surface area contributed by atoms with Crippen molar-refractivity contribution in [3.05, 3.63) is 77.1 Å². The van der Waals surface area contributed by atoms with E-state index in [-0.39, 0.29) is 5.91 Å². The second-order valence-electron chi connectivity index (χ2n) is 6.30. The lowest BCUT2D eigenvalue weighted by Gasteiger charge is -2.09. The number of hydrogen-bond donors (Lipinski definition) is 1. The van der Waals surface area contributed by atoms with Crippen LogP contribution in [0.5, 0.6) is 11.5 Å². The highest BCUT2D eigenvalue weighted by Crippen LogP contribution is 2.22. The van der Waals surface area contributed by atoms with Gasteiger partial charge in [-0.1, -0.05) is 18.2 Å². The summed E-state index contributed by atoms with van der Waals surface area (Å²) < 4.78 is 12.5. The third-order valence-corrected chi connectivity index (χ3v) is 4.44. The van der Waals surface area contributed by atoms with E-state index in [1.165, 1.54) is 0 Å². The van der Waals surface area contributed by atoms with Gasteiger partial charge in [-0.05, 0) is 44.2 Å². The minimum absolute atomic E-state index is 0.263. The van der Waals surface area contributed by atoms with Gasteiger partial charge in [0.05, 0.1) is 26.0 Å². The zero-order valence-electron chi connectivity index (χ0n) is 16.4. The number of hydrazone groups is 1. The van der Waals surface area contributed by atoms with Gasteiger partial charge >= 0.3 is 0 Å². The Hall–Kier alpha value is -3.54. The van der Waals surface area contributed by atoms with Gasteiger partial charge in [-0.3, -0.25) is 4.79 Å². The molecule has 0 atom stereocenters. The first-order valence-electron chi connectivity index (χ1n) is 8.84. The van der Waals surface area contributed by atoms with Crippen LogP contribution in [0.2, 0.25) is 0 Å². The molecule has 0 aliphatic heterocycles. The van der Waals surface area contributed by atoms with Crippen LogP contribution in [0.25, 0.3) is 5.69 Å². The molecule has 1 N–H and O–H groups in total. The monoisotopic (exact) mass is 377 g/mol. The van der Waals surface area contributed by atoms with Gasteiger partial charge in [0.2, 0.25) is 0 Å². The number of aromatic nitrogens is 1. The van der Waals surface area contributed by atoms with Crippen LogP contribution in [0.15, 0.2) is 59.7 Å². The zero-order valence-corrected chi connectivity index (χ0v) is 16.4. The predicted molar refractivity (Wildman–Crippen MR) is 110 cm³/mol. The second kappa shape index (κ2) is 8.43. The van der Waals surface area contributed by atoms with E-state index in [2.05, 4.69) is 10.5 Å². The topological polar surface area (TPSA) is 64.8 Å². The van der Waals surface area contributed by atoms with Crippen molar-refractivity contribution < 1.29 is 14.3 Å². The molecule has 0 unspecified atom stereocenters. The third-order valence-electron chi connectivity index (χ3n) is 4.44. The van der Waals surface area contributed by atoms with Crippen LogP contribution in [-0.2, 0) is 0 Å². The molecule has 144 valence electrons. The quantitative estimate of drug-likeness (QED) is 0.524. The van der Waals surface area contributed by atoms with Crippen molar-refractivity contribution in [2.75, 3.05) is 14.2 Å². The van der Waals surface area contributed by atoms with Crippen LogP contribution in [0.1, 0.15) is 27.3 Å². The van der Waals surface area contributed by atoms with Gasteiger partial charge in [0.25, 0.3) is 5.91 Å². The Morgan fingerprint density at radius 3 is 2.25 bits per heavy atom. The number of amides is 1. The van der Waals surface area contributed by atoms with E-state index in [0.717, 1.165) is 22.6 Å². The molecular weight excluding hydrogens is 354 g/mol. The summed E-state index contributed by atoms with van der Waals surface area (Å²) in [6, 6.07) is 17.2. The summed E-state index contributed by atoms with van der Waals surface area (Å²) in [4.78, 5) is 12.6. The summed E-state index contributed by atoms with van der Waals surface area (Å²) in [5.41, 5.74) is 6.79. The van der Waals surface area contributed by atoms with E-state index < -0.39 is 0 Å². The van der Waals surface area contributed by atoms with Crippen molar-refractivity contribution >= 4 is 12.1 Å². The van der Waals surface area contributed by atoms with E-state index in [1.807, 2.05) is 54.8 Å². The Balaban J connectivity index is 1.78. The molecule has 1 heterocycles. The van der Waals surface area contributed by atoms with Crippen LogP contribution < -0.4 is 14.9 Å². The van der Waals surface area contributed by atoms with Crippen LogP contribution in [-0.4, -0.2) is 30.9 Å². The number of rotatable bonds is 6.